The van der Waals surface area contributed by atoms with Crippen molar-refractivity contribution in [3.05, 3.63) is 16.9 Å². The zero-order valence-electron chi connectivity index (χ0n) is 8.70. The van der Waals surface area contributed by atoms with E-state index in [-0.39, 0.29) is 6.10 Å². The molecular formula is C10H16BrN3O. The summed E-state index contributed by atoms with van der Waals surface area (Å²) >= 11 is 3.35. The number of nitrogens with two attached hydrogens (primary N) is 1. The highest BCUT2D eigenvalue weighted by Crippen LogP contribution is 2.26. The molecule has 1 aromatic heterocycles. The normalized spacial score (nSPS) is 12.5. The van der Waals surface area contributed by atoms with Gasteiger partial charge in [-0.1, -0.05) is 13.3 Å². The monoisotopic (exact) mass is 273 g/mol. The van der Waals surface area contributed by atoms with Crippen LogP contribution in [-0.2, 0) is 0 Å². The van der Waals surface area contributed by atoms with E-state index >= 15 is 0 Å². The summed E-state index contributed by atoms with van der Waals surface area (Å²) in [4.78, 5) is 3.93. The predicted octanol–water partition coefficient (Wildman–Crippen LogP) is 2.00. The third-order valence-electron chi connectivity index (χ3n) is 2.07. The fraction of sp³-hybridized carbons (Fsp3) is 0.500. The summed E-state index contributed by atoms with van der Waals surface area (Å²) in [5.41, 5.74) is 7.11. The molecule has 0 saturated carbocycles. The summed E-state index contributed by atoms with van der Waals surface area (Å²) in [6, 6.07) is 0. The van der Waals surface area contributed by atoms with Crippen molar-refractivity contribution in [1.29, 1.82) is 0 Å². The zero-order valence-corrected chi connectivity index (χ0v) is 10.3. The minimum Gasteiger partial charge on any atom is -0.396 e. The van der Waals surface area contributed by atoms with Gasteiger partial charge < -0.3 is 16.2 Å². The van der Waals surface area contributed by atoms with E-state index in [4.69, 9.17) is 5.73 Å². The maximum absolute atomic E-state index is 9.56. The van der Waals surface area contributed by atoms with Crippen molar-refractivity contribution in [3.63, 3.8) is 0 Å². The number of aliphatic hydroxyl groups is 1. The molecule has 0 radical (unpaired) electrons. The van der Waals surface area contributed by atoms with Crippen LogP contribution in [0.4, 0.5) is 11.4 Å². The van der Waals surface area contributed by atoms with Crippen molar-refractivity contribution in [2.24, 2.45) is 0 Å². The quantitative estimate of drug-likeness (QED) is 0.768. The first-order chi connectivity index (χ1) is 7.15. The van der Waals surface area contributed by atoms with Crippen LogP contribution < -0.4 is 11.1 Å². The molecule has 0 bridgehead atoms. The Morgan fingerprint density at radius 2 is 2.33 bits per heavy atom. The molecule has 0 spiro atoms. The van der Waals surface area contributed by atoms with Gasteiger partial charge in [0, 0.05) is 12.7 Å². The Morgan fingerprint density at radius 1 is 1.60 bits per heavy atom. The topological polar surface area (TPSA) is 71.2 Å². The average molecular weight is 274 g/mol. The number of aromatic nitrogens is 1. The van der Waals surface area contributed by atoms with Crippen molar-refractivity contribution in [3.8, 4) is 0 Å². The van der Waals surface area contributed by atoms with Crippen LogP contribution in [0.1, 0.15) is 19.8 Å². The van der Waals surface area contributed by atoms with E-state index in [9.17, 15) is 5.11 Å². The van der Waals surface area contributed by atoms with E-state index in [2.05, 4.69) is 26.2 Å². The lowest BCUT2D eigenvalue weighted by Gasteiger charge is -2.14. The Morgan fingerprint density at radius 3 is 2.93 bits per heavy atom. The Kier molecular flexibility index (Phi) is 4.84. The summed E-state index contributed by atoms with van der Waals surface area (Å²) in [6.07, 6.45) is 4.67. The van der Waals surface area contributed by atoms with E-state index in [0.717, 1.165) is 23.0 Å². The number of halogens is 1. The number of nitrogen functional groups attached to an aromatic ring is 1. The Labute approximate surface area is 98.0 Å². The van der Waals surface area contributed by atoms with Gasteiger partial charge in [0.25, 0.3) is 0 Å². The maximum Gasteiger partial charge on any atom is 0.0750 e. The largest absolute Gasteiger partial charge is 0.396 e. The third-order valence-corrected chi connectivity index (χ3v) is 2.67. The molecule has 0 saturated heterocycles. The van der Waals surface area contributed by atoms with Crippen LogP contribution in [0.25, 0.3) is 0 Å². The standard InChI is InChI=1S/C10H16BrN3O/c1-2-3-7(15)4-14-10-8(11)5-13-6-9(10)12/h5-7,15H,2-4,12H2,1H3,(H,13,14). The van der Waals surface area contributed by atoms with Gasteiger partial charge in [0.1, 0.15) is 0 Å². The first-order valence-electron chi connectivity index (χ1n) is 4.96. The van der Waals surface area contributed by atoms with Crippen LogP contribution in [0.15, 0.2) is 16.9 Å². The van der Waals surface area contributed by atoms with Crippen LogP contribution in [-0.4, -0.2) is 22.7 Å². The number of hydrogen-bond acceptors (Lipinski definition) is 4. The van der Waals surface area contributed by atoms with Crippen LogP contribution in [0, 0.1) is 0 Å². The van der Waals surface area contributed by atoms with Crippen LogP contribution in [0.3, 0.4) is 0 Å². The fourth-order valence-corrected chi connectivity index (χ4v) is 1.78. The number of aliphatic hydroxyl groups excluding tert-OH is 1. The number of anilines is 2. The van der Waals surface area contributed by atoms with Crippen LogP contribution in [0.5, 0.6) is 0 Å². The summed E-state index contributed by atoms with van der Waals surface area (Å²) < 4.78 is 0.811. The van der Waals surface area contributed by atoms with Crippen molar-refractivity contribution in [2.75, 3.05) is 17.6 Å². The highest BCUT2D eigenvalue weighted by molar-refractivity contribution is 9.10. The molecule has 0 aliphatic rings. The van der Waals surface area contributed by atoms with Gasteiger partial charge in [-0.25, -0.2) is 0 Å². The number of pyridine rings is 1. The molecule has 4 nitrogen and oxygen atoms in total. The minimum absolute atomic E-state index is 0.338. The summed E-state index contributed by atoms with van der Waals surface area (Å²) in [7, 11) is 0. The molecule has 1 aromatic rings. The second kappa shape index (κ2) is 5.92. The SMILES string of the molecule is CCCC(O)CNc1c(N)cncc1Br. The van der Waals surface area contributed by atoms with Crippen LogP contribution >= 0.6 is 15.9 Å². The summed E-state index contributed by atoms with van der Waals surface area (Å²) in [5, 5.41) is 12.7. The predicted molar refractivity (Wildman–Crippen MR) is 65.8 cm³/mol. The lowest BCUT2D eigenvalue weighted by molar-refractivity contribution is 0.176. The fourth-order valence-electron chi connectivity index (χ4n) is 1.29. The molecule has 0 aliphatic carbocycles. The molecule has 0 amide bonds. The molecule has 1 rings (SSSR count). The van der Waals surface area contributed by atoms with Gasteiger partial charge in [-0.15, -0.1) is 0 Å². The maximum atomic E-state index is 9.56. The number of hydrogen-bond donors (Lipinski definition) is 3. The van der Waals surface area contributed by atoms with Gasteiger partial charge in [0.15, 0.2) is 0 Å². The van der Waals surface area contributed by atoms with E-state index in [0.29, 0.717) is 12.2 Å². The van der Waals surface area contributed by atoms with Gasteiger partial charge in [0.05, 0.1) is 28.1 Å². The van der Waals surface area contributed by atoms with Crippen molar-refractivity contribution in [2.45, 2.75) is 25.9 Å². The zero-order chi connectivity index (χ0) is 11.3. The molecule has 4 N–H and O–H groups in total. The molecule has 1 heterocycles. The van der Waals surface area contributed by atoms with Gasteiger partial charge in [0.2, 0.25) is 0 Å². The number of nitrogens with zero attached hydrogens (tertiary/aromatic N) is 1. The average Bonchev–Trinajstić information content (AvgIpc) is 2.17. The molecule has 1 unspecified atom stereocenters. The molecule has 0 aliphatic heterocycles. The lowest BCUT2D eigenvalue weighted by Crippen LogP contribution is -2.19. The summed E-state index contributed by atoms with van der Waals surface area (Å²) in [6.45, 7) is 2.54. The first kappa shape index (κ1) is 12.3. The van der Waals surface area contributed by atoms with E-state index in [1.54, 1.807) is 12.4 Å². The van der Waals surface area contributed by atoms with Gasteiger partial charge >= 0.3 is 0 Å². The number of rotatable bonds is 5. The Hall–Kier alpha value is -0.810. The second-order valence-electron chi connectivity index (χ2n) is 3.41. The van der Waals surface area contributed by atoms with Gasteiger partial charge in [-0.3, -0.25) is 4.98 Å². The van der Waals surface area contributed by atoms with Gasteiger partial charge in [-0.2, -0.15) is 0 Å². The molecule has 0 fully saturated rings. The van der Waals surface area contributed by atoms with E-state index < -0.39 is 0 Å². The molecule has 84 valence electrons. The smallest absolute Gasteiger partial charge is 0.0750 e. The van der Waals surface area contributed by atoms with Crippen LogP contribution in [0.2, 0.25) is 0 Å². The van der Waals surface area contributed by atoms with E-state index in [1.807, 2.05) is 6.92 Å². The van der Waals surface area contributed by atoms with Crippen molar-refractivity contribution >= 4 is 27.3 Å². The highest BCUT2D eigenvalue weighted by atomic mass is 79.9. The third kappa shape index (κ3) is 3.68. The van der Waals surface area contributed by atoms with Crippen molar-refractivity contribution in [1.82, 2.24) is 4.98 Å². The Balaban J connectivity index is 2.57. The molecular weight excluding hydrogens is 258 g/mol. The summed E-state index contributed by atoms with van der Waals surface area (Å²) in [5.74, 6) is 0. The molecule has 0 aromatic carbocycles. The van der Waals surface area contributed by atoms with Gasteiger partial charge in [-0.05, 0) is 22.4 Å². The first-order valence-corrected chi connectivity index (χ1v) is 5.75. The van der Waals surface area contributed by atoms with Crippen molar-refractivity contribution < 1.29 is 5.11 Å². The number of nitrogens with one attached hydrogen (secondary N) is 1. The highest BCUT2D eigenvalue weighted by Gasteiger charge is 2.07. The Bertz CT molecular complexity index is 299. The molecule has 1 atom stereocenters. The molecule has 15 heavy (non-hydrogen) atoms. The minimum atomic E-state index is -0.338. The van der Waals surface area contributed by atoms with E-state index in [1.165, 1.54) is 0 Å². The molecule has 5 heteroatoms. The lowest BCUT2D eigenvalue weighted by atomic mass is 10.2. The second-order valence-corrected chi connectivity index (χ2v) is 4.26.